The summed E-state index contributed by atoms with van der Waals surface area (Å²) in [6, 6.07) is 7.25. The molecular formula is C21H18F2NO4S3+. The minimum Gasteiger partial charge on any atom is -0.496 e. The summed E-state index contributed by atoms with van der Waals surface area (Å²) in [5.41, 5.74) is 1.16. The summed E-state index contributed by atoms with van der Waals surface area (Å²) in [4.78, 5) is 0. The fraction of sp³-hybridized carbons (Fsp3) is 0.190. The van der Waals surface area contributed by atoms with Crippen molar-refractivity contribution in [2.24, 2.45) is 0 Å². The Morgan fingerprint density at radius 1 is 1.19 bits per heavy atom. The number of aromatic nitrogens is 1. The first-order valence-electron chi connectivity index (χ1n) is 9.25. The number of fused-ring (bicyclic) bond motifs is 3. The predicted octanol–water partition coefficient (Wildman–Crippen LogP) is 5.14. The Bertz CT molecular complexity index is 1410. The van der Waals surface area contributed by atoms with Gasteiger partial charge in [0.05, 0.1) is 12.9 Å². The number of halogens is 2. The molecule has 31 heavy (non-hydrogen) atoms. The van der Waals surface area contributed by atoms with E-state index in [1.165, 1.54) is 23.5 Å². The second kappa shape index (κ2) is 8.62. The maximum Gasteiger partial charge on any atom is 0.265 e. The highest BCUT2D eigenvalue weighted by Crippen LogP contribution is 2.38. The number of thiazole rings is 1. The zero-order valence-electron chi connectivity index (χ0n) is 16.3. The SMILES string of the molecule is COc1cc2sc(/C=C/c3ccc(F)cc3F)[n+](CCCS(=O)(=O)O)c2c2sccc12. The first-order chi connectivity index (χ1) is 14.8. The molecule has 0 bridgehead atoms. The lowest BCUT2D eigenvalue weighted by Crippen LogP contribution is -2.36. The minimum absolute atomic E-state index is 0.208. The molecule has 0 radical (unpaired) electrons. The Morgan fingerprint density at radius 3 is 2.71 bits per heavy atom. The van der Waals surface area contributed by atoms with Gasteiger partial charge in [0.15, 0.2) is 6.54 Å². The van der Waals surface area contributed by atoms with Crippen LogP contribution >= 0.6 is 22.7 Å². The zero-order valence-corrected chi connectivity index (χ0v) is 18.8. The fourth-order valence-electron chi connectivity index (χ4n) is 3.39. The quantitative estimate of drug-likeness (QED) is 0.293. The van der Waals surface area contributed by atoms with E-state index in [1.54, 1.807) is 30.6 Å². The molecule has 5 nitrogen and oxygen atoms in total. The molecule has 0 aliphatic rings. The van der Waals surface area contributed by atoms with Crippen molar-refractivity contribution in [3.05, 3.63) is 57.9 Å². The van der Waals surface area contributed by atoms with Gasteiger partial charge < -0.3 is 4.74 Å². The van der Waals surface area contributed by atoms with Gasteiger partial charge in [-0.3, -0.25) is 4.55 Å². The normalized spacial score (nSPS) is 12.4. The highest BCUT2D eigenvalue weighted by molar-refractivity contribution is 7.85. The number of rotatable bonds is 7. The van der Waals surface area contributed by atoms with Crippen LogP contribution in [0.4, 0.5) is 8.78 Å². The lowest BCUT2D eigenvalue weighted by Gasteiger charge is -2.02. The van der Waals surface area contributed by atoms with Crippen LogP contribution in [0.15, 0.2) is 35.7 Å². The van der Waals surface area contributed by atoms with Crippen molar-refractivity contribution in [3.8, 4) is 5.75 Å². The van der Waals surface area contributed by atoms with Crippen LogP contribution in [0.3, 0.4) is 0 Å². The van der Waals surface area contributed by atoms with Crippen LogP contribution in [0.2, 0.25) is 0 Å². The molecule has 0 aliphatic carbocycles. The number of ether oxygens (including phenoxy) is 1. The fourth-order valence-corrected chi connectivity index (χ4v) is 6.05. The molecule has 0 fully saturated rings. The van der Waals surface area contributed by atoms with Crippen molar-refractivity contribution < 1.29 is 31.1 Å². The third kappa shape index (κ3) is 4.62. The Morgan fingerprint density at radius 2 is 2.00 bits per heavy atom. The van der Waals surface area contributed by atoms with E-state index in [1.807, 2.05) is 22.1 Å². The van der Waals surface area contributed by atoms with E-state index < -0.39 is 21.8 Å². The van der Waals surface area contributed by atoms with E-state index in [2.05, 4.69) is 0 Å². The van der Waals surface area contributed by atoms with Gasteiger partial charge in [0.1, 0.15) is 26.8 Å². The van der Waals surface area contributed by atoms with Crippen molar-refractivity contribution in [2.45, 2.75) is 13.0 Å². The minimum atomic E-state index is -4.08. The van der Waals surface area contributed by atoms with Crippen LogP contribution in [0.25, 0.3) is 32.5 Å². The van der Waals surface area contributed by atoms with Crippen LogP contribution in [0.5, 0.6) is 5.75 Å². The van der Waals surface area contributed by atoms with Crippen molar-refractivity contribution in [2.75, 3.05) is 12.9 Å². The average Bonchev–Trinajstić information content (AvgIpc) is 3.30. The van der Waals surface area contributed by atoms with Crippen LogP contribution in [-0.2, 0) is 16.7 Å². The van der Waals surface area contributed by atoms with Crippen molar-refractivity contribution >= 4 is 65.2 Å². The number of hydrogen-bond acceptors (Lipinski definition) is 5. The lowest BCUT2D eigenvalue weighted by atomic mass is 10.2. The molecule has 0 aliphatic heterocycles. The molecule has 0 unspecified atom stereocenters. The smallest absolute Gasteiger partial charge is 0.265 e. The van der Waals surface area contributed by atoms with E-state index in [0.717, 1.165) is 37.1 Å². The summed E-state index contributed by atoms with van der Waals surface area (Å²) >= 11 is 3.00. The molecule has 0 saturated heterocycles. The standard InChI is InChI=1S/C21H17F2NO4S3/c1-28-17-12-18-20(21-15(17)7-9-29-21)24(8-2-10-31(25,26)27)19(30-18)6-4-13-3-5-14(22)11-16(13)23/h3-7,9,11-12H,2,8,10H2,1H3/p+1/b6-4+. The molecule has 0 saturated carbocycles. The zero-order chi connectivity index (χ0) is 22.2. The van der Waals surface area contributed by atoms with Crippen LogP contribution in [0, 0.1) is 11.6 Å². The molecule has 2 aromatic heterocycles. The molecule has 0 atom stereocenters. The van der Waals surface area contributed by atoms with Gasteiger partial charge in [-0.1, -0.05) is 11.3 Å². The molecule has 1 N–H and O–H groups in total. The number of nitrogens with zero attached hydrogens (tertiary/aromatic N) is 1. The van der Waals surface area contributed by atoms with E-state index in [0.29, 0.717) is 6.54 Å². The second-order valence-electron chi connectivity index (χ2n) is 6.82. The van der Waals surface area contributed by atoms with E-state index in [4.69, 9.17) is 9.29 Å². The summed E-state index contributed by atoms with van der Waals surface area (Å²) in [7, 11) is -2.48. The van der Waals surface area contributed by atoms with Gasteiger partial charge in [-0.15, -0.1) is 11.3 Å². The Balaban J connectivity index is 1.84. The summed E-state index contributed by atoms with van der Waals surface area (Å²) in [6.45, 7) is 0.338. The first-order valence-corrected chi connectivity index (χ1v) is 12.6. The number of methoxy groups -OCH3 is 1. The van der Waals surface area contributed by atoms with E-state index in [9.17, 15) is 17.2 Å². The number of thiophene rings is 1. The maximum atomic E-state index is 14.1. The summed E-state index contributed by atoms with van der Waals surface area (Å²) < 4.78 is 68.1. The van der Waals surface area contributed by atoms with E-state index in [-0.39, 0.29) is 17.7 Å². The van der Waals surface area contributed by atoms with Gasteiger partial charge in [-0.2, -0.15) is 13.0 Å². The third-order valence-corrected chi connectivity index (χ3v) is 7.59. The van der Waals surface area contributed by atoms with Gasteiger partial charge in [0.25, 0.3) is 15.1 Å². The first kappa shape index (κ1) is 21.8. The van der Waals surface area contributed by atoms with Gasteiger partial charge in [0, 0.05) is 35.6 Å². The second-order valence-corrected chi connectivity index (χ2v) is 10.4. The monoisotopic (exact) mass is 482 g/mol. The molecule has 2 heterocycles. The predicted molar refractivity (Wildman–Crippen MR) is 120 cm³/mol. The van der Waals surface area contributed by atoms with Crippen LogP contribution in [0.1, 0.15) is 17.0 Å². The summed E-state index contributed by atoms with van der Waals surface area (Å²) in [6.07, 6.45) is 3.49. The van der Waals surface area contributed by atoms with Gasteiger partial charge >= 0.3 is 0 Å². The van der Waals surface area contributed by atoms with Gasteiger partial charge in [0.2, 0.25) is 5.52 Å². The van der Waals surface area contributed by atoms with Gasteiger partial charge in [-0.05, 0) is 29.7 Å². The molecule has 10 heteroatoms. The summed E-state index contributed by atoms with van der Waals surface area (Å²) in [5, 5.41) is 3.66. The molecule has 0 amide bonds. The number of aryl methyl sites for hydroxylation is 1. The van der Waals surface area contributed by atoms with Crippen molar-refractivity contribution in [1.29, 1.82) is 0 Å². The topological polar surface area (TPSA) is 67.5 Å². The van der Waals surface area contributed by atoms with E-state index >= 15 is 0 Å². The van der Waals surface area contributed by atoms with Crippen molar-refractivity contribution in [1.82, 2.24) is 0 Å². The molecule has 2 aromatic carbocycles. The Labute approximate surface area is 185 Å². The molecule has 4 aromatic rings. The van der Waals surface area contributed by atoms with Gasteiger partial charge in [-0.25, -0.2) is 8.78 Å². The maximum absolute atomic E-state index is 14.1. The molecular weight excluding hydrogens is 464 g/mol. The average molecular weight is 483 g/mol. The Hall–Kier alpha value is -2.40. The number of hydrogen-bond donors (Lipinski definition) is 1. The van der Waals surface area contributed by atoms with Crippen molar-refractivity contribution in [3.63, 3.8) is 0 Å². The number of benzene rings is 2. The van der Waals surface area contributed by atoms with Crippen LogP contribution in [-0.4, -0.2) is 25.8 Å². The summed E-state index contributed by atoms with van der Waals surface area (Å²) in [5.74, 6) is -0.951. The van der Waals surface area contributed by atoms with Crippen LogP contribution < -0.4 is 9.30 Å². The molecule has 0 spiro atoms. The largest absolute Gasteiger partial charge is 0.496 e. The highest BCUT2D eigenvalue weighted by atomic mass is 32.2. The molecule has 162 valence electrons. The third-order valence-electron chi connectivity index (χ3n) is 4.76. The molecule has 4 rings (SSSR count). The lowest BCUT2D eigenvalue weighted by molar-refractivity contribution is -0.667. The Kier molecular flexibility index (Phi) is 6.07. The highest BCUT2D eigenvalue weighted by Gasteiger charge is 2.24.